The Labute approximate surface area is 50.4 Å². The molecule has 0 spiro atoms. The van der Waals surface area contributed by atoms with Gasteiger partial charge in [-0.25, -0.2) is 10.0 Å². The van der Waals surface area contributed by atoms with Crippen LogP contribution in [0.4, 0.5) is 0 Å². The van der Waals surface area contributed by atoms with E-state index in [2.05, 4.69) is 32.5 Å². The van der Waals surface area contributed by atoms with Gasteiger partial charge in [-0.2, -0.15) is 0 Å². The summed E-state index contributed by atoms with van der Waals surface area (Å²) >= 11 is 0. The van der Waals surface area contributed by atoms with Crippen molar-refractivity contribution in [1.82, 2.24) is 5.43 Å². The molecule has 1 unspecified atom stereocenters. The molecule has 0 bridgehead atoms. The third-order valence-corrected chi connectivity index (χ3v) is 1.80. The van der Waals surface area contributed by atoms with E-state index in [4.69, 9.17) is 0 Å². The second-order valence-electron chi connectivity index (χ2n) is 2.77. The molecule has 46 valence electrons. The van der Waals surface area contributed by atoms with Crippen molar-refractivity contribution in [2.24, 2.45) is 0 Å². The summed E-state index contributed by atoms with van der Waals surface area (Å²) in [5.41, 5.74) is 3.20. The van der Waals surface area contributed by atoms with E-state index in [1.807, 2.05) is 6.20 Å². The van der Waals surface area contributed by atoms with Gasteiger partial charge >= 0.3 is 0 Å². The van der Waals surface area contributed by atoms with Crippen LogP contribution < -0.4 is 5.43 Å². The van der Waals surface area contributed by atoms with Crippen LogP contribution in [0.2, 0.25) is 0 Å². The molecule has 1 rings (SSSR count). The van der Waals surface area contributed by atoms with Crippen molar-refractivity contribution in [2.75, 3.05) is 14.1 Å². The lowest BCUT2D eigenvalue weighted by Crippen LogP contribution is -2.50. The number of rotatable bonds is 0. The molecular weight excluding hydrogens is 100 g/mol. The van der Waals surface area contributed by atoms with E-state index < -0.39 is 0 Å². The van der Waals surface area contributed by atoms with Crippen LogP contribution in [0.5, 0.6) is 0 Å². The molecule has 0 aromatic carbocycles. The van der Waals surface area contributed by atoms with Crippen LogP contribution in [0.1, 0.15) is 6.92 Å². The van der Waals surface area contributed by atoms with E-state index in [1.54, 1.807) is 0 Å². The first-order valence-electron chi connectivity index (χ1n) is 2.91. The zero-order chi connectivity index (χ0) is 6.20. The van der Waals surface area contributed by atoms with Gasteiger partial charge in [0.05, 0.1) is 20.3 Å². The van der Waals surface area contributed by atoms with E-state index in [9.17, 15) is 0 Å². The van der Waals surface area contributed by atoms with Gasteiger partial charge in [0, 0.05) is 0 Å². The molecule has 8 heavy (non-hydrogen) atoms. The van der Waals surface area contributed by atoms with Crippen molar-refractivity contribution in [3.63, 3.8) is 0 Å². The normalized spacial score (nSPS) is 32.6. The van der Waals surface area contributed by atoms with Crippen LogP contribution in [0, 0.1) is 0 Å². The summed E-state index contributed by atoms with van der Waals surface area (Å²) < 4.78 is 0.875. The van der Waals surface area contributed by atoms with Gasteiger partial charge < -0.3 is 0 Å². The van der Waals surface area contributed by atoms with E-state index in [0.717, 1.165) is 4.59 Å². The average molecular weight is 113 g/mol. The third-order valence-electron chi connectivity index (χ3n) is 1.80. The first-order valence-corrected chi connectivity index (χ1v) is 2.91. The van der Waals surface area contributed by atoms with Crippen LogP contribution in [0.15, 0.2) is 12.3 Å². The average Bonchev–Trinajstić information content (AvgIpc) is 1.86. The zero-order valence-corrected chi connectivity index (χ0v) is 5.68. The van der Waals surface area contributed by atoms with Gasteiger partial charge in [-0.05, 0) is 13.0 Å². The Morgan fingerprint density at radius 1 is 1.50 bits per heavy atom. The van der Waals surface area contributed by atoms with Gasteiger partial charge in [0.25, 0.3) is 0 Å². The quantitative estimate of drug-likeness (QED) is 0.451. The lowest BCUT2D eigenvalue weighted by atomic mass is 10.3. The number of nitrogens with one attached hydrogen (secondary N) is 1. The van der Waals surface area contributed by atoms with Crippen LogP contribution in [-0.4, -0.2) is 24.7 Å². The number of nitrogens with zero attached hydrogens (tertiary/aromatic N) is 1. The molecule has 2 nitrogen and oxygen atoms in total. The maximum absolute atomic E-state index is 3.20. The Kier molecular flexibility index (Phi) is 1.05. The monoisotopic (exact) mass is 113 g/mol. The van der Waals surface area contributed by atoms with Gasteiger partial charge in [-0.1, -0.05) is 0 Å². The van der Waals surface area contributed by atoms with Crippen LogP contribution in [0.25, 0.3) is 0 Å². The molecule has 1 aliphatic rings. The molecule has 1 heterocycles. The highest BCUT2D eigenvalue weighted by atomic mass is 15.6. The fraction of sp³-hybridized carbons (Fsp3) is 0.667. The van der Waals surface area contributed by atoms with Crippen molar-refractivity contribution < 1.29 is 4.59 Å². The van der Waals surface area contributed by atoms with Crippen LogP contribution in [0.3, 0.4) is 0 Å². The lowest BCUT2D eigenvalue weighted by molar-refractivity contribution is -0.937. The first kappa shape index (κ1) is 5.63. The summed E-state index contributed by atoms with van der Waals surface area (Å²) in [6, 6.07) is 0.606. The van der Waals surface area contributed by atoms with E-state index in [-0.39, 0.29) is 0 Å². The molecule has 0 aromatic heterocycles. The topological polar surface area (TPSA) is 12.0 Å². The fourth-order valence-electron chi connectivity index (χ4n) is 0.707. The van der Waals surface area contributed by atoms with Gasteiger partial charge in [0.15, 0.2) is 0 Å². The molecule has 0 saturated carbocycles. The first-order chi connectivity index (χ1) is 3.63. The molecule has 0 fully saturated rings. The Balaban J connectivity index is 2.64. The van der Waals surface area contributed by atoms with E-state index in [1.165, 1.54) is 0 Å². The van der Waals surface area contributed by atoms with Gasteiger partial charge in [0.2, 0.25) is 0 Å². The molecule has 0 amide bonds. The summed E-state index contributed by atoms with van der Waals surface area (Å²) in [5, 5.41) is 0. The van der Waals surface area contributed by atoms with E-state index >= 15 is 0 Å². The summed E-state index contributed by atoms with van der Waals surface area (Å²) in [6.07, 6.45) is 4.17. The zero-order valence-electron chi connectivity index (χ0n) is 5.68. The SMILES string of the molecule is CC1C=CN[N+]1(C)C. The molecule has 0 aromatic rings. The summed E-state index contributed by atoms with van der Waals surface area (Å²) in [5.74, 6) is 0. The number of quaternary nitrogens is 1. The Bertz CT molecular complexity index is 116. The third kappa shape index (κ3) is 0.713. The van der Waals surface area contributed by atoms with Crippen molar-refractivity contribution in [2.45, 2.75) is 13.0 Å². The molecule has 1 atom stereocenters. The summed E-state index contributed by atoms with van der Waals surface area (Å²) in [7, 11) is 4.29. The van der Waals surface area contributed by atoms with Crippen molar-refractivity contribution in [3.8, 4) is 0 Å². The van der Waals surface area contributed by atoms with Crippen molar-refractivity contribution >= 4 is 0 Å². The molecule has 0 saturated heterocycles. The molecule has 0 radical (unpaired) electrons. The Morgan fingerprint density at radius 2 is 2.12 bits per heavy atom. The Hall–Kier alpha value is -0.500. The smallest absolute Gasteiger partial charge is 0.128 e. The second kappa shape index (κ2) is 1.49. The van der Waals surface area contributed by atoms with Crippen molar-refractivity contribution in [1.29, 1.82) is 0 Å². The molecule has 1 aliphatic heterocycles. The summed E-state index contributed by atoms with van der Waals surface area (Å²) in [6.45, 7) is 2.19. The minimum absolute atomic E-state index is 0.606. The highest BCUT2D eigenvalue weighted by Crippen LogP contribution is 2.08. The van der Waals surface area contributed by atoms with Gasteiger partial charge in [0.1, 0.15) is 6.04 Å². The lowest BCUT2D eigenvalue weighted by Gasteiger charge is -2.27. The molecular formula is C6H13N2+. The highest BCUT2D eigenvalue weighted by Gasteiger charge is 2.24. The number of hydrogen-bond donors (Lipinski definition) is 1. The predicted molar refractivity (Wildman–Crippen MR) is 33.8 cm³/mol. The van der Waals surface area contributed by atoms with Gasteiger partial charge in [-0.15, -0.1) is 0 Å². The number of likely N-dealkylation sites (N-methyl/N-ethyl adjacent to an activating group) is 1. The van der Waals surface area contributed by atoms with E-state index in [0.29, 0.717) is 6.04 Å². The maximum atomic E-state index is 3.20. The second-order valence-corrected chi connectivity index (χ2v) is 2.77. The highest BCUT2D eigenvalue weighted by molar-refractivity contribution is 4.88. The molecule has 0 aliphatic carbocycles. The molecule has 2 heteroatoms. The number of hydrogen-bond acceptors (Lipinski definition) is 1. The minimum Gasteiger partial charge on any atom is -0.244 e. The summed E-state index contributed by atoms with van der Waals surface area (Å²) in [4.78, 5) is 0. The standard InChI is InChI=1S/C6H13N2/c1-6-4-5-7-8(6,2)3/h4-7H,1-3H3/q+1. The van der Waals surface area contributed by atoms with Crippen molar-refractivity contribution in [3.05, 3.63) is 12.3 Å². The largest absolute Gasteiger partial charge is 0.244 e. The fourth-order valence-corrected chi connectivity index (χ4v) is 0.707. The van der Waals surface area contributed by atoms with Crippen LogP contribution in [-0.2, 0) is 0 Å². The molecule has 1 N–H and O–H groups in total. The van der Waals surface area contributed by atoms with Crippen LogP contribution >= 0.6 is 0 Å². The predicted octanol–water partition coefficient (Wildman–Crippen LogP) is 0.483. The van der Waals surface area contributed by atoms with Gasteiger partial charge in [-0.3, -0.25) is 0 Å². The minimum atomic E-state index is 0.606. The maximum Gasteiger partial charge on any atom is 0.128 e. The Morgan fingerprint density at radius 3 is 2.25 bits per heavy atom.